The monoisotopic (exact) mass is 583 g/mol. The highest BCUT2D eigenvalue weighted by Gasteiger charge is 2.33. The maximum absolute atomic E-state index is 14.1. The Labute approximate surface area is 243 Å². The summed E-state index contributed by atoms with van der Waals surface area (Å²) < 4.78 is 26.9. The number of carbonyl (C=O) groups is 2. The van der Waals surface area contributed by atoms with E-state index in [1.165, 1.54) is 4.90 Å². The zero-order chi connectivity index (χ0) is 29.3. The van der Waals surface area contributed by atoms with E-state index in [0.717, 1.165) is 45.7 Å². The van der Waals surface area contributed by atoms with Crippen molar-refractivity contribution in [3.63, 3.8) is 0 Å². The van der Waals surface area contributed by atoms with Gasteiger partial charge in [-0.25, -0.2) is 8.42 Å². The van der Waals surface area contributed by atoms with Gasteiger partial charge in [0.05, 0.1) is 11.9 Å². The van der Waals surface area contributed by atoms with Gasteiger partial charge in [0.2, 0.25) is 21.8 Å². The molecule has 0 fully saturated rings. The van der Waals surface area contributed by atoms with Crippen molar-refractivity contribution in [2.45, 2.75) is 52.6 Å². The number of aryl methyl sites for hydroxylation is 2. The van der Waals surface area contributed by atoms with Crippen LogP contribution >= 0.6 is 11.6 Å². The van der Waals surface area contributed by atoms with E-state index in [9.17, 15) is 18.0 Å². The van der Waals surface area contributed by atoms with Crippen molar-refractivity contribution in [3.8, 4) is 0 Å². The predicted molar refractivity (Wildman–Crippen MR) is 162 cm³/mol. The fourth-order valence-corrected chi connectivity index (χ4v) is 5.31. The molecule has 0 aliphatic rings. The topological polar surface area (TPSA) is 86.8 Å². The third kappa shape index (κ3) is 8.83. The van der Waals surface area contributed by atoms with E-state index in [2.05, 4.69) is 5.32 Å². The SMILES string of the molecule is CCCCNC(=O)[C@H](Cc1ccccc1)N(Cc1ccc(Cl)cc1)C(=O)CN(c1ccc(C)c(C)c1)S(C)(=O)=O. The summed E-state index contributed by atoms with van der Waals surface area (Å²) in [4.78, 5) is 29.1. The van der Waals surface area contributed by atoms with Gasteiger partial charge in [-0.1, -0.05) is 73.5 Å². The number of benzene rings is 3. The van der Waals surface area contributed by atoms with E-state index in [-0.39, 0.29) is 18.9 Å². The lowest BCUT2D eigenvalue weighted by atomic mass is 10.0. The minimum absolute atomic E-state index is 0.110. The largest absolute Gasteiger partial charge is 0.354 e. The Morgan fingerprint density at radius 1 is 0.925 bits per heavy atom. The smallest absolute Gasteiger partial charge is 0.244 e. The molecule has 214 valence electrons. The molecule has 3 aromatic rings. The Bertz CT molecular complexity index is 1400. The van der Waals surface area contributed by atoms with E-state index < -0.39 is 28.5 Å². The quantitative estimate of drug-likeness (QED) is 0.277. The number of hydrogen-bond donors (Lipinski definition) is 1. The second kappa shape index (κ2) is 14.3. The summed E-state index contributed by atoms with van der Waals surface area (Å²) >= 11 is 6.09. The number of halogens is 1. The van der Waals surface area contributed by atoms with Crippen LogP contribution in [0.15, 0.2) is 72.8 Å². The Hall–Kier alpha value is -3.36. The first kappa shape index (κ1) is 31.2. The maximum atomic E-state index is 14.1. The number of unbranched alkanes of at least 4 members (excludes halogenated alkanes) is 1. The molecular weight excluding hydrogens is 546 g/mol. The second-order valence-electron chi connectivity index (χ2n) is 10.0. The van der Waals surface area contributed by atoms with Gasteiger partial charge >= 0.3 is 0 Å². The zero-order valence-corrected chi connectivity index (χ0v) is 25.1. The predicted octanol–water partition coefficient (Wildman–Crippen LogP) is 5.28. The molecule has 0 heterocycles. The summed E-state index contributed by atoms with van der Waals surface area (Å²) in [5.74, 6) is -0.762. The van der Waals surface area contributed by atoms with Crippen LogP contribution in [0.5, 0.6) is 0 Å². The minimum Gasteiger partial charge on any atom is -0.354 e. The molecule has 0 aliphatic heterocycles. The van der Waals surface area contributed by atoms with E-state index in [0.29, 0.717) is 17.3 Å². The molecule has 1 atom stereocenters. The van der Waals surface area contributed by atoms with Crippen molar-refractivity contribution in [1.82, 2.24) is 10.2 Å². The van der Waals surface area contributed by atoms with E-state index in [1.54, 1.807) is 36.4 Å². The number of nitrogens with one attached hydrogen (secondary N) is 1. The number of hydrogen-bond acceptors (Lipinski definition) is 4. The summed E-state index contributed by atoms with van der Waals surface area (Å²) in [6.45, 7) is 6.03. The van der Waals surface area contributed by atoms with Crippen molar-refractivity contribution in [2.75, 3.05) is 23.7 Å². The maximum Gasteiger partial charge on any atom is 0.244 e. The lowest BCUT2D eigenvalue weighted by Crippen LogP contribution is -2.53. The molecule has 0 bridgehead atoms. The number of carbonyl (C=O) groups excluding carboxylic acids is 2. The number of sulfonamides is 1. The van der Waals surface area contributed by atoms with Gasteiger partial charge in [0.25, 0.3) is 0 Å². The average Bonchev–Trinajstić information content (AvgIpc) is 2.92. The number of anilines is 1. The molecule has 2 amide bonds. The van der Waals surface area contributed by atoms with Gasteiger partial charge in [0.15, 0.2) is 0 Å². The Morgan fingerprint density at radius 3 is 2.20 bits per heavy atom. The van der Waals surface area contributed by atoms with Crippen LogP contribution < -0.4 is 9.62 Å². The summed E-state index contributed by atoms with van der Waals surface area (Å²) in [6.07, 6.45) is 3.08. The van der Waals surface area contributed by atoms with Crippen LogP contribution in [-0.4, -0.2) is 50.5 Å². The highest BCUT2D eigenvalue weighted by molar-refractivity contribution is 7.92. The summed E-state index contributed by atoms with van der Waals surface area (Å²) in [5.41, 5.74) is 3.99. The van der Waals surface area contributed by atoms with Gasteiger partial charge in [-0.3, -0.25) is 13.9 Å². The van der Waals surface area contributed by atoms with Gasteiger partial charge in [-0.15, -0.1) is 0 Å². The van der Waals surface area contributed by atoms with E-state index in [4.69, 9.17) is 11.6 Å². The highest BCUT2D eigenvalue weighted by Crippen LogP contribution is 2.23. The second-order valence-corrected chi connectivity index (χ2v) is 12.4. The fourth-order valence-electron chi connectivity index (χ4n) is 4.34. The molecule has 9 heteroatoms. The van der Waals surface area contributed by atoms with Crippen molar-refractivity contribution in [1.29, 1.82) is 0 Å². The Morgan fingerprint density at radius 2 is 1.60 bits per heavy atom. The summed E-state index contributed by atoms with van der Waals surface area (Å²) in [6, 6.07) is 21.0. The molecule has 0 saturated heterocycles. The van der Waals surface area contributed by atoms with Gasteiger partial charge < -0.3 is 10.2 Å². The van der Waals surface area contributed by atoms with Gasteiger partial charge in [0, 0.05) is 24.5 Å². The molecule has 1 N–H and O–H groups in total. The molecule has 7 nitrogen and oxygen atoms in total. The van der Waals surface area contributed by atoms with Crippen LogP contribution in [0, 0.1) is 13.8 Å². The van der Waals surface area contributed by atoms with Crippen LogP contribution in [0.3, 0.4) is 0 Å². The number of rotatable bonds is 13. The normalized spacial score (nSPS) is 12.0. The molecule has 0 aliphatic carbocycles. The van der Waals surface area contributed by atoms with Crippen molar-refractivity contribution >= 4 is 39.1 Å². The molecule has 0 spiro atoms. The average molecular weight is 584 g/mol. The number of amides is 2. The van der Waals surface area contributed by atoms with Crippen LogP contribution in [0.4, 0.5) is 5.69 Å². The van der Waals surface area contributed by atoms with Crippen LogP contribution in [0.2, 0.25) is 5.02 Å². The van der Waals surface area contributed by atoms with Crippen LogP contribution in [0.1, 0.15) is 42.0 Å². The van der Waals surface area contributed by atoms with Crippen LogP contribution in [-0.2, 0) is 32.6 Å². The van der Waals surface area contributed by atoms with Gasteiger partial charge in [-0.2, -0.15) is 0 Å². The summed E-state index contributed by atoms with van der Waals surface area (Å²) in [7, 11) is -3.81. The first-order valence-electron chi connectivity index (χ1n) is 13.4. The Kier molecular flexibility index (Phi) is 11.2. The lowest BCUT2D eigenvalue weighted by Gasteiger charge is -2.33. The number of nitrogens with zero attached hydrogens (tertiary/aromatic N) is 2. The van der Waals surface area contributed by atoms with Gasteiger partial charge in [-0.05, 0) is 66.8 Å². The molecule has 0 aromatic heterocycles. The first-order valence-corrected chi connectivity index (χ1v) is 15.6. The molecule has 0 unspecified atom stereocenters. The third-order valence-electron chi connectivity index (χ3n) is 6.82. The minimum atomic E-state index is -3.81. The van der Waals surface area contributed by atoms with Gasteiger partial charge in [0.1, 0.15) is 12.6 Å². The molecule has 40 heavy (non-hydrogen) atoms. The standard InChI is InChI=1S/C31H38ClN3O4S/c1-5-6-18-33-31(37)29(20-25-10-8-7-9-11-25)34(21-26-13-15-27(32)16-14-26)30(36)22-35(40(4,38)39)28-17-12-23(2)24(3)19-28/h7-17,19,29H,5-6,18,20-22H2,1-4H3,(H,33,37)/t29-/m0/s1. The zero-order valence-electron chi connectivity index (χ0n) is 23.6. The van der Waals surface area contributed by atoms with E-state index in [1.807, 2.05) is 57.2 Å². The Balaban J connectivity index is 2.03. The summed E-state index contributed by atoms with van der Waals surface area (Å²) in [5, 5.41) is 3.53. The molecule has 3 aromatic carbocycles. The molecular formula is C31H38ClN3O4S. The van der Waals surface area contributed by atoms with Crippen LogP contribution in [0.25, 0.3) is 0 Å². The van der Waals surface area contributed by atoms with E-state index >= 15 is 0 Å². The first-order chi connectivity index (χ1) is 19.0. The molecule has 0 radical (unpaired) electrons. The lowest BCUT2D eigenvalue weighted by molar-refractivity contribution is -0.140. The molecule has 0 saturated carbocycles. The molecule has 3 rings (SSSR count). The van der Waals surface area contributed by atoms with Crippen molar-refractivity contribution in [2.24, 2.45) is 0 Å². The van der Waals surface area contributed by atoms with Crippen molar-refractivity contribution < 1.29 is 18.0 Å². The highest BCUT2D eigenvalue weighted by atomic mass is 35.5. The van der Waals surface area contributed by atoms with Crippen molar-refractivity contribution in [3.05, 3.63) is 100 Å². The third-order valence-corrected chi connectivity index (χ3v) is 8.22. The fraction of sp³-hybridized carbons (Fsp3) is 0.355.